The molecule has 0 spiro atoms. The summed E-state index contributed by atoms with van der Waals surface area (Å²) in [6.45, 7) is 4.03. The van der Waals surface area contributed by atoms with Crippen LogP contribution in [0.2, 0.25) is 0 Å². The molecule has 3 rings (SSSR count). The molecule has 0 unspecified atom stereocenters. The van der Waals surface area contributed by atoms with Gasteiger partial charge in [0, 0.05) is 6.04 Å². The number of aromatic nitrogens is 3. The highest BCUT2D eigenvalue weighted by Gasteiger charge is 2.25. The Kier molecular flexibility index (Phi) is 4.22. The van der Waals surface area contributed by atoms with Crippen molar-refractivity contribution in [3.8, 4) is 5.69 Å². The van der Waals surface area contributed by atoms with Crippen LogP contribution in [0.3, 0.4) is 0 Å². The van der Waals surface area contributed by atoms with E-state index in [2.05, 4.69) is 22.4 Å². The van der Waals surface area contributed by atoms with Gasteiger partial charge in [0.15, 0.2) is 5.69 Å². The van der Waals surface area contributed by atoms with Crippen molar-refractivity contribution >= 4 is 5.91 Å². The summed E-state index contributed by atoms with van der Waals surface area (Å²) in [7, 11) is 0. The summed E-state index contributed by atoms with van der Waals surface area (Å²) < 4.78 is 0. The molecular weight excluding hydrogens is 276 g/mol. The zero-order valence-electron chi connectivity index (χ0n) is 13.1. The second-order valence-corrected chi connectivity index (χ2v) is 6.10. The minimum Gasteiger partial charge on any atom is -0.348 e. The van der Waals surface area contributed by atoms with Gasteiger partial charge in [-0.15, -0.1) is 5.10 Å². The third kappa shape index (κ3) is 3.03. The Morgan fingerprint density at radius 1 is 1.18 bits per heavy atom. The third-order valence-electron chi connectivity index (χ3n) is 4.41. The number of nitrogens with one attached hydrogen (secondary N) is 1. The summed E-state index contributed by atoms with van der Waals surface area (Å²) in [5.41, 5.74) is 1.93. The lowest BCUT2D eigenvalue weighted by atomic mass is 9.86. The second-order valence-electron chi connectivity index (χ2n) is 6.10. The molecule has 1 aromatic carbocycles. The van der Waals surface area contributed by atoms with Crippen LogP contribution in [0.5, 0.6) is 0 Å². The van der Waals surface area contributed by atoms with Gasteiger partial charge >= 0.3 is 0 Å². The molecule has 1 fully saturated rings. The Labute approximate surface area is 130 Å². The number of hydrogen-bond donors (Lipinski definition) is 1. The minimum absolute atomic E-state index is 0.113. The maximum absolute atomic E-state index is 12.5. The van der Waals surface area contributed by atoms with Crippen LogP contribution in [0.25, 0.3) is 5.69 Å². The maximum Gasteiger partial charge on any atom is 0.273 e. The van der Waals surface area contributed by atoms with Crippen molar-refractivity contribution in [2.24, 2.45) is 5.92 Å². The van der Waals surface area contributed by atoms with Gasteiger partial charge in [-0.05, 0) is 37.8 Å². The number of hydrogen-bond acceptors (Lipinski definition) is 3. The largest absolute Gasteiger partial charge is 0.348 e. The van der Waals surface area contributed by atoms with E-state index in [-0.39, 0.29) is 11.9 Å². The van der Waals surface area contributed by atoms with Crippen LogP contribution in [-0.2, 0) is 0 Å². The Bertz CT molecular complexity index is 650. The topological polar surface area (TPSA) is 59.8 Å². The number of benzene rings is 1. The Morgan fingerprint density at radius 2 is 1.91 bits per heavy atom. The zero-order chi connectivity index (χ0) is 15.5. The molecular formula is C17H22N4O. The molecule has 0 aliphatic heterocycles. The van der Waals surface area contributed by atoms with Crippen LogP contribution in [0.1, 0.15) is 48.8 Å². The van der Waals surface area contributed by atoms with Gasteiger partial charge in [-0.2, -0.15) is 9.90 Å². The first-order valence-electron chi connectivity index (χ1n) is 7.95. The van der Waals surface area contributed by atoms with Gasteiger partial charge in [-0.3, -0.25) is 4.79 Å². The van der Waals surface area contributed by atoms with E-state index < -0.39 is 0 Å². The van der Waals surface area contributed by atoms with E-state index in [1.807, 2.05) is 37.3 Å². The molecule has 0 saturated heterocycles. The van der Waals surface area contributed by atoms with Crippen LogP contribution in [-0.4, -0.2) is 26.9 Å². The lowest BCUT2D eigenvalue weighted by Crippen LogP contribution is -2.41. The average Bonchev–Trinajstić information content (AvgIpc) is 2.92. The highest BCUT2D eigenvalue weighted by atomic mass is 16.2. The van der Waals surface area contributed by atoms with E-state index in [4.69, 9.17) is 0 Å². The van der Waals surface area contributed by atoms with Crippen LogP contribution in [0.15, 0.2) is 30.3 Å². The van der Waals surface area contributed by atoms with E-state index in [1.54, 1.807) is 0 Å². The van der Waals surface area contributed by atoms with Crippen molar-refractivity contribution in [3.05, 3.63) is 41.7 Å². The predicted octanol–water partition coefficient (Wildman–Crippen LogP) is 2.88. The van der Waals surface area contributed by atoms with Crippen LogP contribution < -0.4 is 5.32 Å². The molecule has 1 saturated carbocycles. The molecule has 116 valence electrons. The van der Waals surface area contributed by atoms with E-state index >= 15 is 0 Å². The molecule has 1 amide bonds. The van der Waals surface area contributed by atoms with Gasteiger partial charge in [0.25, 0.3) is 5.91 Å². The molecule has 1 N–H and O–H groups in total. The maximum atomic E-state index is 12.5. The summed E-state index contributed by atoms with van der Waals surface area (Å²) in [5.74, 6) is 0.417. The first-order valence-corrected chi connectivity index (χ1v) is 7.95. The van der Waals surface area contributed by atoms with Crippen molar-refractivity contribution in [3.63, 3.8) is 0 Å². The molecule has 22 heavy (non-hydrogen) atoms. The van der Waals surface area contributed by atoms with Crippen LogP contribution >= 0.6 is 0 Å². The SMILES string of the molecule is Cc1nn(-c2ccccc2)nc1C(=O)N[C@@H]1CCCC[C@@H]1C. The van der Waals surface area contributed by atoms with Gasteiger partial charge in [-0.1, -0.05) is 38.0 Å². The number of rotatable bonds is 3. The van der Waals surface area contributed by atoms with E-state index in [9.17, 15) is 4.79 Å². The highest BCUT2D eigenvalue weighted by Crippen LogP contribution is 2.24. The molecule has 5 nitrogen and oxygen atoms in total. The number of carbonyl (C=O) groups is 1. The molecule has 1 aliphatic rings. The molecule has 0 bridgehead atoms. The summed E-state index contributed by atoms with van der Waals surface area (Å²) in [5, 5.41) is 11.9. The number of carbonyl (C=O) groups excluding carboxylic acids is 1. The van der Waals surface area contributed by atoms with Gasteiger partial charge < -0.3 is 5.32 Å². The van der Waals surface area contributed by atoms with Crippen molar-refractivity contribution in [1.29, 1.82) is 0 Å². The molecule has 0 radical (unpaired) electrons. The number of amides is 1. The smallest absolute Gasteiger partial charge is 0.273 e. The summed E-state index contributed by atoms with van der Waals surface area (Å²) in [6.07, 6.45) is 4.68. The van der Waals surface area contributed by atoms with Crippen molar-refractivity contribution in [2.45, 2.75) is 45.6 Å². The van der Waals surface area contributed by atoms with Crippen LogP contribution in [0, 0.1) is 12.8 Å². The standard InChI is InChI=1S/C17H22N4O/c1-12-8-6-7-11-15(12)18-17(22)16-13(2)19-21(20-16)14-9-4-3-5-10-14/h3-5,9-10,12,15H,6-8,11H2,1-2H3,(H,18,22)/t12-,15+/m0/s1. The molecule has 1 heterocycles. The normalized spacial score (nSPS) is 21.5. The predicted molar refractivity (Wildman–Crippen MR) is 85.0 cm³/mol. The van der Waals surface area contributed by atoms with E-state index in [1.165, 1.54) is 24.1 Å². The highest BCUT2D eigenvalue weighted by molar-refractivity contribution is 5.93. The van der Waals surface area contributed by atoms with Gasteiger partial charge in [-0.25, -0.2) is 0 Å². The number of nitrogens with zero attached hydrogens (tertiary/aromatic N) is 3. The van der Waals surface area contributed by atoms with Crippen molar-refractivity contribution < 1.29 is 4.79 Å². The number of para-hydroxylation sites is 1. The number of aryl methyl sites for hydroxylation is 1. The van der Waals surface area contributed by atoms with Crippen LogP contribution in [0.4, 0.5) is 0 Å². The Hall–Kier alpha value is -2.17. The lowest BCUT2D eigenvalue weighted by molar-refractivity contribution is 0.0904. The molecule has 2 aromatic rings. The molecule has 2 atom stereocenters. The fourth-order valence-corrected chi connectivity index (χ4v) is 3.03. The first kappa shape index (κ1) is 14.8. The average molecular weight is 298 g/mol. The summed E-state index contributed by atoms with van der Waals surface area (Å²) in [6, 6.07) is 9.89. The quantitative estimate of drug-likeness (QED) is 0.948. The van der Waals surface area contributed by atoms with Crippen molar-refractivity contribution in [2.75, 3.05) is 0 Å². The van der Waals surface area contributed by atoms with Gasteiger partial charge in [0.1, 0.15) is 0 Å². The Balaban J connectivity index is 1.77. The van der Waals surface area contributed by atoms with E-state index in [0.717, 1.165) is 12.1 Å². The van der Waals surface area contributed by atoms with Crippen molar-refractivity contribution in [1.82, 2.24) is 20.3 Å². The molecule has 5 heteroatoms. The fourth-order valence-electron chi connectivity index (χ4n) is 3.03. The van der Waals surface area contributed by atoms with Gasteiger partial charge in [0.05, 0.1) is 11.4 Å². The molecule has 1 aromatic heterocycles. The fraction of sp³-hybridized carbons (Fsp3) is 0.471. The Morgan fingerprint density at radius 3 is 2.64 bits per heavy atom. The zero-order valence-corrected chi connectivity index (χ0v) is 13.1. The lowest BCUT2D eigenvalue weighted by Gasteiger charge is -2.29. The van der Waals surface area contributed by atoms with E-state index in [0.29, 0.717) is 17.3 Å². The summed E-state index contributed by atoms with van der Waals surface area (Å²) in [4.78, 5) is 14.0. The van der Waals surface area contributed by atoms with Gasteiger partial charge in [0.2, 0.25) is 0 Å². The summed E-state index contributed by atoms with van der Waals surface area (Å²) >= 11 is 0. The third-order valence-corrected chi connectivity index (χ3v) is 4.41. The molecule has 1 aliphatic carbocycles. The monoisotopic (exact) mass is 298 g/mol. The first-order chi connectivity index (χ1) is 10.6. The minimum atomic E-state index is -0.113. The second kappa shape index (κ2) is 6.30.